The van der Waals surface area contributed by atoms with E-state index in [9.17, 15) is 10.2 Å². The van der Waals surface area contributed by atoms with Crippen LogP contribution in [0.25, 0.3) is 5.57 Å². The highest BCUT2D eigenvalue weighted by Crippen LogP contribution is 2.34. The van der Waals surface area contributed by atoms with Gasteiger partial charge in [0.2, 0.25) is 0 Å². The van der Waals surface area contributed by atoms with Gasteiger partial charge in [-0.2, -0.15) is 0 Å². The van der Waals surface area contributed by atoms with E-state index < -0.39 is 0 Å². The highest BCUT2D eigenvalue weighted by molar-refractivity contribution is 6.18. The molecule has 1 atom stereocenters. The lowest BCUT2D eigenvalue weighted by Crippen LogP contribution is -2.01. The zero-order valence-electron chi connectivity index (χ0n) is 17.0. The van der Waals surface area contributed by atoms with Crippen LogP contribution in [0.15, 0.2) is 72.8 Å². The van der Waals surface area contributed by atoms with Crippen LogP contribution in [0.2, 0.25) is 0 Å². The molecule has 2 N–H and O–H groups in total. The third kappa shape index (κ3) is 5.28. The van der Waals surface area contributed by atoms with Crippen molar-refractivity contribution >= 4 is 17.2 Å². The molecule has 5 heteroatoms. The molecule has 0 aliphatic carbocycles. The van der Waals surface area contributed by atoms with Crippen molar-refractivity contribution in [3.63, 3.8) is 0 Å². The molecule has 0 aliphatic rings. The highest BCUT2D eigenvalue weighted by atomic mass is 35.5. The Kier molecular flexibility index (Phi) is 7.26. The molecule has 30 heavy (non-hydrogen) atoms. The summed E-state index contributed by atoms with van der Waals surface area (Å²) in [5, 5.41) is 19.6. The molecule has 3 rings (SSSR count). The molecule has 0 radical (unpaired) electrons. The second-order valence-corrected chi connectivity index (χ2v) is 7.29. The van der Waals surface area contributed by atoms with Gasteiger partial charge in [0.25, 0.3) is 0 Å². The predicted molar refractivity (Wildman–Crippen MR) is 121 cm³/mol. The molecule has 3 aromatic carbocycles. The van der Waals surface area contributed by atoms with Gasteiger partial charge in [-0.1, -0.05) is 36.4 Å². The van der Waals surface area contributed by atoms with E-state index in [2.05, 4.69) is 6.08 Å². The molecule has 0 heterocycles. The second-order valence-electron chi connectivity index (χ2n) is 6.91. The van der Waals surface area contributed by atoms with Crippen molar-refractivity contribution in [1.82, 2.24) is 0 Å². The summed E-state index contributed by atoms with van der Waals surface area (Å²) in [5.74, 6) is 1.95. The molecule has 0 aliphatic heterocycles. The van der Waals surface area contributed by atoms with Crippen molar-refractivity contribution in [3.8, 4) is 23.0 Å². The Bertz CT molecular complexity index is 995. The summed E-state index contributed by atoms with van der Waals surface area (Å²) < 4.78 is 10.8. The third-order valence-electron chi connectivity index (χ3n) is 4.89. The first-order valence-electron chi connectivity index (χ1n) is 9.65. The second kappa shape index (κ2) is 10.1. The number of benzene rings is 3. The molecule has 156 valence electrons. The fourth-order valence-corrected chi connectivity index (χ4v) is 3.34. The Labute approximate surface area is 182 Å². The number of hydrogen-bond donors (Lipinski definition) is 2. The zero-order chi connectivity index (χ0) is 21.5. The lowest BCUT2D eigenvalue weighted by molar-refractivity contribution is 0.342. The first-order chi connectivity index (χ1) is 14.5. The van der Waals surface area contributed by atoms with Gasteiger partial charge in [-0.25, -0.2) is 0 Å². The predicted octanol–water partition coefficient (Wildman–Crippen LogP) is 5.96. The number of allylic oxidation sites excluding steroid dienone is 2. The zero-order valence-corrected chi connectivity index (χ0v) is 17.8. The van der Waals surface area contributed by atoms with Crippen LogP contribution in [-0.4, -0.2) is 29.8 Å². The minimum absolute atomic E-state index is 0.0347. The number of rotatable bonds is 8. The van der Waals surface area contributed by atoms with Crippen molar-refractivity contribution in [2.75, 3.05) is 19.6 Å². The molecule has 3 aromatic rings. The SMILES string of the molecule is COc1cc(C(C)=CC(c2ccc(O)cc2)c2ccc(OCCCl)cc2)ccc1O. The van der Waals surface area contributed by atoms with E-state index in [0.717, 1.165) is 28.0 Å². The van der Waals surface area contributed by atoms with Gasteiger partial charge < -0.3 is 19.7 Å². The minimum Gasteiger partial charge on any atom is -0.508 e. The Balaban J connectivity index is 1.99. The number of phenols is 2. The third-order valence-corrected chi connectivity index (χ3v) is 5.04. The maximum Gasteiger partial charge on any atom is 0.161 e. The Morgan fingerprint density at radius 2 is 1.60 bits per heavy atom. The summed E-state index contributed by atoms with van der Waals surface area (Å²) in [6, 6.07) is 20.4. The molecule has 0 saturated heterocycles. The molecule has 0 saturated carbocycles. The van der Waals surface area contributed by atoms with Gasteiger partial charge in [-0.15, -0.1) is 11.6 Å². The fourth-order valence-electron chi connectivity index (χ4n) is 3.26. The molecule has 1 unspecified atom stereocenters. The number of halogens is 1. The van der Waals surface area contributed by atoms with Crippen molar-refractivity contribution < 1.29 is 19.7 Å². The normalized spacial score (nSPS) is 12.4. The van der Waals surface area contributed by atoms with E-state index in [1.807, 2.05) is 55.5 Å². The standard InChI is InChI=1S/C25H25ClO4/c1-17(20-7-12-24(28)25(16-20)29-2)15-23(18-3-8-21(27)9-4-18)19-5-10-22(11-6-19)30-14-13-26/h3-12,15-16,23,27-28H,13-14H2,1-2H3. The van der Waals surface area contributed by atoms with E-state index in [1.54, 1.807) is 18.2 Å². The lowest BCUT2D eigenvalue weighted by atomic mass is 9.88. The van der Waals surface area contributed by atoms with Crippen LogP contribution in [0, 0.1) is 0 Å². The number of hydrogen-bond acceptors (Lipinski definition) is 4. The molecular formula is C25H25ClO4. The minimum atomic E-state index is -0.0347. The van der Waals surface area contributed by atoms with Crippen LogP contribution in [-0.2, 0) is 0 Å². The van der Waals surface area contributed by atoms with Crippen LogP contribution >= 0.6 is 11.6 Å². The first-order valence-corrected chi connectivity index (χ1v) is 10.2. The van der Waals surface area contributed by atoms with Crippen LogP contribution in [0.4, 0.5) is 0 Å². The van der Waals surface area contributed by atoms with Crippen molar-refractivity contribution in [2.45, 2.75) is 12.8 Å². The smallest absolute Gasteiger partial charge is 0.161 e. The monoisotopic (exact) mass is 424 g/mol. The molecule has 0 amide bonds. The Hall–Kier alpha value is -3.11. The summed E-state index contributed by atoms with van der Waals surface area (Å²) in [4.78, 5) is 0. The largest absolute Gasteiger partial charge is 0.508 e. The van der Waals surface area contributed by atoms with E-state index in [0.29, 0.717) is 18.2 Å². The molecule has 4 nitrogen and oxygen atoms in total. The summed E-state index contributed by atoms with van der Waals surface area (Å²) in [6.45, 7) is 2.49. The van der Waals surface area contributed by atoms with Crippen molar-refractivity contribution in [1.29, 1.82) is 0 Å². The molecule has 0 bridgehead atoms. The van der Waals surface area contributed by atoms with E-state index >= 15 is 0 Å². The van der Waals surface area contributed by atoms with E-state index in [1.165, 1.54) is 7.11 Å². The average molecular weight is 425 g/mol. The highest BCUT2D eigenvalue weighted by Gasteiger charge is 2.14. The molecule has 0 fully saturated rings. The van der Waals surface area contributed by atoms with Gasteiger partial charge in [-0.05, 0) is 65.6 Å². The maximum absolute atomic E-state index is 9.88. The van der Waals surface area contributed by atoms with E-state index in [4.69, 9.17) is 21.1 Å². The van der Waals surface area contributed by atoms with Gasteiger partial charge in [0, 0.05) is 5.92 Å². The van der Waals surface area contributed by atoms with E-state index in [-0.39, 0.29) is 17.4 Å². The first kappa shape index (κ1) is 21.6. The summed E-state index contributed by atoms with van der Waals surface area (Å²) in [5.41, 5.74) is 4.13. The maximum atomic E-state index is 9.88. The molecule has 0 spiro atoms. The van der Waals surface area contributed by atoms with Crippen molar-refractivity contribution in [3.05, 3.63) is 89.5 Å². The summed E-state index contributed by atoms with van der Waals surface area (Å²) >= 11 is 5.70. The number of alkyl halides is 1. The Morgan fingerprint density at radius 1 is 0.967 bits per heavy atom. The number of aromatic hydroxyl groups is 2. The van der Waals surface area contributed by atoms with Crippen LogP contribution < -0.4 is 9.47 Å². The van der Waals surface area contributed by atoms with Gasteiger partial charge >= 0.3 is 0 Å². The fraction of sp³-hybridized carbons (Fsp3) is 0.200. The van der Waals surface area contributed by atoms with Crippen LogP contribution in [0.3, 0.4) is 0 Å². The van der Waals surface area contributed by atoms with Crippen LogP contribution in [0.5, 0.6) is 23.0 Å². The van der Waals surface area contributed by atoms with Crippen molar-refractivity contribution in [2.24, 2.45) is 0 Å². The van der Waals surface area contributed by atoms with Gasteiger partial charge in [0.1, 0.15) is 18.1 Å². The van der Waals surface area contributed by atoms with Gasteiger partial charge in [0.15, 0.2) is 11.5 Å². The average Bonchev–Trinajstić information content (AvgIpc) is 2.77. The van der Waals surface area contributed by atoms with Gasteiger partial charge in [-0.3, -0.25) is 0 Å². The van der Waals surface area contributed by atoms with Gasteiger partial charge in [0.05, 0.1) is 13.0 Å². The number of phenolic OH excluding ortho intramolecular Hbond substituents is 2. The Morgan fingerprint density at radius 3 is 2.20 bits per heavy atom. The van der Waals surface area contributed by atoms with Crippen LogP contribution in [0.1, 0.15) is 29.5 Å². The lowest BCUT2D eigenvalue weighted by Gasteiger charge is -2.17. The topological polar surface area (TPSA) is 58.9 Å². The quantitative estimate of drug-likeness (QED) is 0.438. The molecular weight excluding hydrogens is 400 g/mol. The number of ether oxygens (including phenoxy) is 2. The number of methoxy groups -OCH3 is 1. The summed E-state index contributed by atoms with van der Waals surface area (Å²) in [6.07, 6.45) is 2.16. The summed E-state index contributed by atoms with van der Waals surface area (Å²) in [7, 11) is 1.53. The molecule has 0 aromatic heterocycles.